The number of allylic oxidation sites excluding steroid dienone is 2. The van der Waals surface area contributed by atoms with Crippen molar-refractivity contribution in [1.82, 2.24) is 9.88 Å². The molecule has 0 bridgehead atoms. The molecule has 0 radical (unpaired) electrons. The smallest absolute Gasteiger partial charge is 0.306 e. The number of benzene rings is 1. The molecule has 6 aliphatic rings. The Balaban J connectivity index is 1.15. The summed E-state index contributed by atoms with van der Waals surface area (Å²) in [5.74, 6) is -1.09. The number of ketones is 1. The van der Waals surface area contributed by atoms with Crippen LogP contribution in [-0.4, -0.2) is 125 Å². The van der Waals surface area contributed by atoms with Gasteiger partial charge in [-0.25, -0.2) is 4.98 Å². The second-order valence-electron chi connectivity index (χ2n) is 18.8. The van der Waals surface area contributed by atoms with Gasteiger partial charge in [-0.3, -0.25) is 9.59 Å². The van der Waals surface area contributed by atoms with E-state index in [-0.39, 0.29) is 90.5 Å². The van der Waals surface area contributed by atoms with Gasteiger partial charge in [0.25, 0.3) is 0 Å². The van der Waals surface area contributed by atoms with Crippen LogP contribution in [0.25, 0.3) is 10.6 Å². The number of likely N-dealkylation sites (N-methyl/N-ethyl adjacent to an activating group) is 1. The molecule has 2 aromatic rings. The first-order valence-electron chi connectivity index (χ1n) is 22.9. The average molecular weight is 900 g/mol. The van der Waals surface area contributed by atoms with Crippen LogP contribution in [0.15, 0.2) is 35.9 Å². The number of carbonyl (C=O) groups is 2. The lowest BCUT2D eigenvalue weighted by molar-refractivity contribution is -0.314. The zero-order chi connectivity index (χ0) is 44.0. The van der Waals surface area contributed by atoms with Gasteiger partial charge in [-0.2, -0.15) is 0 Å². The van der Waals surface area contributed by atoms with Gasteiger partial charge in [-0.15, -0.1) is 11.3 Å². The maximum atomic E-state index is 15.2. The van der Waals surface area contributed by atoms with Gasteiger partial charge in [-0.1, -0.05) is 49.7 Å². The molecule has 3 aliphatic heterocycles. The standard InChI is InChI=1S/C48H67ClN2O10S/c1-10-27-14-13-17-37(61-39-19-18-36(51(5)6)25(3)57-39)24(2)42(53)34-22-31-30-20-28(60-48-45(56-9)44(55-8)43(54-7)26(4)58-48)21-33(30)41-46(40(31)32(34)23-38(52)59-27)62-47(50-41)29-15-11-12-16-35(29)49/h11-12,15-16,22,24-28,30-33,36-37,39-40,43-45,48H,10,13-14,17-21,23H2,1-9H3/t24-,25?,26?,27+,28+,30+,31+,32?,33-,36+,37+,39+,40-,43+,44?,45?,48+/m1/s1. The summed E-state index contributed by atoms with van der Waals surface area (Å²) in [6, 6.07) is 8.11. The molecule has 1 aromatic carbocycles. The SMILES string of the molecule is CC[C@H]1CCC[C@H](O[C@H]2CC[C@H](N(C)C)C(C)O2)[C@@H](C)C(=O)C2=C[C@H]3[C@@H]4C[C@H](O[C@@H]5OC(C)[C@H](OC)C(OC)C5OC)C[C@H]4c4nc(-c5ccccc5Cl)sc4[C@H]3C2CC(=O)O1. The molecule has 3 aliphatic carbocycles. The molecular weight excluding hydrogens is 832 g/mol. The van der Waals surface area contributed by atoms with Crippen LogP contribution in [0.1, 0.15) is 108 Å². The Morgan fingerprint density at radius 1 is 0.887 bits per heavy atom. The highest BCUT2D eigenvalue weighted by molar-refractivity contribution is 7.15. The van der Waals surface area contributed by atoms with Crippen LogP contribution in [0.2, 0.25) is 5.02 Å². The number of methoxy groups -OCH3 is 3. The number of cyclic esters (lactones) is 1. The molecule has 0 amide bonds. The lowest BCUT2D eigenvalue weighted by Crippen LogP contribution is -2.59. The number of Topliss-reactive ketones (excluding diaryl/α,β-unsaturated/α-hetero) is 1. The highest BCUT2D eigenvalue weighted by Crippen LogP contribution is 2.63. The molecule has 4 heterocycles. The van der Waals surface area contributed by atoms with E-state index in [9.17, 15) is 4.79 Å². The van der Waals surface area contributed by atoms with E-state index >= 15 is 4.79 Å². The van der Waals surface area contributed by atoms with Crippen molar-refractivity contribution in [3.05, 3.63) is 51.5 Å². The van der Waals surface area contributed by atoms with Gasteiger partial charge in [0.1, 0.15) is 29.4 Å². The Hall–Kier alpha value is -2.30. The Labute approximate surface area is 376 Å². The van der Waals surface area contributed by atoms with E-state index in [1.54, 1.807) is 32.7 Å². The fourth-order valence-electron chi connectivity index (χ4n) is 11.8. The van der Waals surface area contributed by atoms with Crippen LogP contribution in [0.3, 0.4) is 0 Å². The van der Waals surface area contributed by atoms with Crippen LogP contribution >= 0.6 is 22.9 Å². The van der Waals surface area contributed by atoms with Crippen LogP contribution < -0.4 is 0 Å². The van der Waals surface area contributed by atoms with Crippen molar-refractivity contribution < 1.29 is 47.5 Å². The number of esters is 1. The molecule has 12 nitrogen and oxygen atoms in total. The largest absolute Gasteiger partial charge is 0.462 e. The fraction of sp³-hybridized carbons (Fsp3) is 0.729. The third-order valence-electron chi connectivity index (χ3n) is 15.0. The minimum atomic E-state index is -0.677. The van der Waals surface area contributed by atoms with Crippen LogP contribution in [0.5, 0.6) is 0 Å². The number of thiazole rings is 1. The topological polar surface area (TPSA) is 124 Å². The Kier molecular flexibility index (Phi) is 14.7. The fourth-order valence-corrected chi connectivity index (χ4v) is 13.5. The third kappa shape index (κ3) is 8.98. The maximum absolute atomic E-state index is 15.2. The van der Waals surface area contributed by atoms with Crippen molar-refractivity contribution in [1.29, 1.82) is 0 Å². The highest BCUT2D eigenvalue weighted by Gasteiger charge is 2.57. The summed E-state index contributed by atoms with van der Waals surface area (Å²) in [7, 11) is 9.13. The van der Waals surface area contributed by atoms with Crippen LogP contribution in [0, 0.1) is 23.7 Å². The van der Waals surface area contributed by atoms with Crippen molar-refractivity contribution >= 4 is 34.7 Å². The van der Waals surface area contributed by atoms with E-state index in [1.807, 2.05) is 38.1 Å². The van der Waals surface area contributed by atoms with E-state index < -0.39 is 24.6 Å². The number of ether oxygens (including phenoxy) is 8. The van der Waals surface area contributed by atoms with Crippen molar-refractivity contribution in [2.45, 2.75) is 165 Å². The first-order chi connectivity index (χ1) is 29.8. The van der Waals surface area contributed by atoms with E-state index in [0.717, 1.165) is 53.2 Å². The van der Waals surface area contributed by atoms with Gasteiger partial charge < -0.3 is 42.8 Å². The molecule has 1 aromatic heterocycles. The van der Waals surface area contributed by atoms with Gasteiger partial charge in [0.2, 0.25) is 0 Å². The molecule has 8 rings (SSSR count). The second kappa shape index (κ2) is 19.7. The molecule has 17 atom stereocenters. The van der Waals surface area contributed by atoms with Crippen molar-refractivity contribution in [2.75, 3.05) is 35.4 Å². The summed E-state index contributed by atoms with van der Waals surface area (Å²) in [6.45, 7) is 8.15. The maximum Gasteiger partial charge on any atom is 0.306 e. The van der Waals surface area contributed by atoms with Gasteiger partial charge in [0.05, 0.1) is 41.6 Å². The Bertz CT molecular complexity index is 1930. The number of fused-ring (bicyclic) bond motifs is 8. The summed E-state index contributed by atoms with van der Waals surface area (Å²) in [4.78, 5) is 38.0. The normalized spacial score (nSPS) is 40.1. The molecular formula is C48H67ClN2O10S. The Morgan fingerprint density at radius 3 is 2.34 bits per heavy atom. The number of halogens is 1. The van der Waals surface area contributed by atoms with Crippen LogP contribution in [0.4, 0.5) is 0 Å². The third-order valence-corrected chi connectivity index (χ3v) is 16.5. The molecule has 0 N–H and O–H groups in total. The zero-order valence-electron chi connectivity index (χ0n) is 37.8. The number of hydrogen-bond donors (Lipinski definition) is 0. The first-order valence-corrected chi connectivity index (χ1v) is 24.1. The molecule has 5 unspecified atom stereocenters. The van der Waals surface area contributed by atoms with Gasteiger partial charge in [-0.05, 0) is 103 Å². The lowest BCUT2D eigenvalue weighted by atomic mass is 9.67. The monoisotopic (exact) mass is 898 g/mol. The van der Waals surface area contributed by atoms with E-state index in [0.29, 0.717) is 35.9 Å². The number of aromatic nitrogens is 1. The minimum absolute atomic E-state index is 0.00324. The van der Waals surface area contributed by atoms with Gasteiger partial charge in [0, 0.05) is 61.5 Å². The van der Waals surface area contributed by atoms with Crippen LogP contribution in [-0.2, 0) is 47.5 Å². The predicted molar refractivity (Wildman–Crippen MR) is 236 cm³/mol. The summed E-state index contributed by atoms with van der Waals surface area (Å²) in [5, 5.41) is 1.47. The summed E-state index contributed by atoms with van der Waals surface area (Å²) < 4.78 is 50.5. The number of hydrogen-bond acceptors (Lipinski definition) is 13. The number of carbonyl (C=O) groups excluding carboxylic acids is 2. The first kappa shape index (κ1) is 46.2. The van der Waals surface area contributed by atoms with Crippen molar-refractivity contribution in [3.8, 4) is 10.6 Å². The number of nitrogens with zero attached hydrogens (tertiary/aromatic N) is 2. The quantitative estimate of drug-likeness (QED) is 0.213. The molecule has 14 heteroatoms. The lowest BCUT2D eigenvalue weighted by Gasteiger charge is -2.44. The molecule has 1 saturated carbocycles. The van der Waals surface area contributed by atoms with Crippen molar-refractivity contribution in [2.24, 2.45) is 23.7 Å². The summed E-state index contributed by atoms with van der Waals surface area (Å²) in [6.07, 6.45) is 5.04. The molecule has 342 valence electrons. The number of rotatable bonds is 10. The van der Waals surface area contributed by atoms with Gasteiger partial charge >= 0.3 is 5.97 Å². The molecule has 0 spiro atoms. The average Bonchev–Trinajstić information content (AvgIpc) is 3.97. The van der Waals surface area contributed by atoms with Crippen molar-refractivity contribution in [3.63, 3.8) is 0 Å². The summed E-state index contributed by atoms with van der Waals surface area (Å²) in [5.41, 5.74) is 2.59. The van der Waals surface area contributed by atoms with Gasteiger partial charge in [0.15, 0.2) is 18.4 Å². The second-order valence-corrected chi connectivity index (χ2v) is 20.2. The predicted octanol–water partition coefficient (Wildman–Crippen LogP) is 8.34. The molecule has 3 saturated heterocycles. The molecule has 4 fully saturated rings. The van der Waals surface area contributed by atoms with E-state index in [4.69, 9.17) is 54.5 Å². The Morgan fingerprint density at radius 2 is 1.65 bits per heavy atom. The van der Waals surface area contributed by atoms with E-state index in [1.165, 1.54) is 0 Å². The van der Waals surface area contributed by atoms with E-state index in [2.05, 4.69) is 38.9 Å². The summed E-state index contributed by atoms with van der Waals surface area (Å²) >= 11 is 8.47. The minimum Gasteiger partial charge on any atom is -0.462 e. The molecule has 62 heavy (non-hydrogen) atoms. The highest BCUT2D eigenvalue weighted by atomic mass is 35.5. The zero-order valence-corrected chi connectivity index (χ0v) is 39.4.